The Morgan fingerprint density at radius 1 is 0.778 bits per heavy atom. The summed E-state index contributed by atoms with van der Waals surface area (Å²) in [5, 5.41) is 14.4. The van der Waals surface area contributed by atoms with E-state index in [0.717, 1.165) is 11.1 Å². The smallest absolute Gasteiger partial charge is 0.408 e. The van der Waals surface area contributed by atoms with Gasteiger partial charge in [-0.3, -0.25) is 9.59 Å². The number of nitrogens with two attached hydrogens (primary N) is 1. The molecule has 0 radical (unpaired) electrons. The number of hydrogen-bond acceptors (Lipinski definition) is 6. The average molecular weight is 492 g/mol. The van der Waals surface area contributed by atoms with Crippen LogP contribution in [0, 0.1) is 0 Å². The van der Waals surface area contributed by atoms with Gasteiger partial charge in [-0.15, -0.1) is 0 Å². The summed E-state index contributed by atoms with van der Waals surface area (Å²) in [6.45, 7) is -0.315. The fourth-order valence-corrected chi connectivity index (χ4v) is 3.34. The number of carbonyl (C=O) groups is 3. The highest BCUT2D eigenvalue weighted by Gasteiger charge is 2.26. The Hall–Kier alpha value is -4.37. The Morgan fingerprint density at radius 2 is 1.39 bits per heavy atom. The summed E-state index contributed by atoms with van der Waals surface area (Å²) < 4.78 is 10.9. The van der Waals surface area contributed by atoms with E-state index in [-0.39, 0.29) is 13.0 Å². The maximum atomic E-state index is 12.6. The van der Waals surface area contributed by atoms with Crippen molar-refractivity contribution in [3.8, 4) is 5.75 Å². The molecule has 0 heterocycles. The number of carbonyl (C=O) groups excluding carboxylic acids is 3. The molecule has 5 N–H and O–H groups in total. The van der Waals surface area contributed by atoms with Gasteiger partial charge in [0.15, 0.2) is 0 Å². The van der Waals surface area contributed by atoms with Crippen LogP contribution in [0.5, 0.6) is 5.75 Å². The number of hydrogen-bond donors (Lipinski definition) is 4. The molecule has 0 aliphatic rings. The number of nitrogens with one attached hydrogen (secondary N) is 2. The van der Waals surface area contributed by atoms with Gasteiger partial charge in [-0.1, -0.05) is 72.8 Å². The Kier molecular flexibility index (Phi) is 9.84. The topological polar surface area (TPSA) is 140 Å². The molecule has 3 aromatic carbocycles. The first-order valence-electron chi connectivity index (χ1n) is 11.4. The van der Waals surface area contributed by atoms with Crippen molar-refractivity contribution >= 4 is 17.9 Å². The first-order chi connectivity index (χ1) is 17.4. The van der Waals surface area contributed by atoms with E-state index in [4.69, 9.17) is 15.2 Å². The van der Waals surface area contributed by atoms with Crippen LogP contribution in [-0.4, -0.2) is 41.7 Å². The summed E-state index contributed by atoms with van der Waals surface area (Å²) in [4.78, 5) is 36.7. The minimum absolute atomic E-state index is 0.000957. The van der Waals surface area contributed by atoms with Gasteiger partial charge in [-0.25, -0.2) is 4.79 Å². The predicted molar refractivity (Wildman–Crippen MR) is 133 cm³/mol. The molecule has 36 heavy (non-hydrogen) atoms. The third-order valence-corrected chi connectivity index (χ3v) is 5.25. The number of rotatable bonds is 12. The standard InChI is InChI=1S/C27H29N3O6/c28-25(32)23(15-21-12-7-13-22(14-21)35-17-19-8-3-1-4-9-19)29-26(33)24(16-31)30-27(34)36-18-20-10-5-2-6-11-20/h1-14,23-24,31H,15-18H2,(H2,28,32)(H,29,33)(H,30,34)/t23-,24+/m1/s1. The molecule has 0 fully saturated rings. The number of aliphatic hydroxyl groups is 1. The van der Waals surface area contributed by atoms with Crippen LogP contribution in [0.4, 0.5) is 4.79 Å². The largest absolute Gasteiger partial charge is 0.489 e. The first-order valence-corrected chi connectivity index (χ1v) is 11.4. The van der Waals surface area contributed by atoms with E-state index in [1.54, 1.807) is 48.5 Å². The molecule has 9 nitrogen and oxygen atoms in total. The van der Waals surface area contributed by atoms with Crippen molar-refractivity contribution in [2.24, 2.45) is 5.73 Å². The molecule has 2 atom stereocenters. The number of aliphatic hydroxyl groups excluding tert-OH is 1. The third-order valence-electron chi connectivity index (χ3n) is 5.25. The van der Waals surface area contributed by atoms with Crippen LogP contribution in [0.25, 0.3) is 0 Å². The summed E-state index contributed by atoms with van der Waals surface area (Å²) in [6, 6.07) is 23.4. The maximum absolute atomic E-state index is 12.6. The van der Waals surface area contributed by atoms with E-state index in [1.165, 1.54) is 0 Å². The molecule has 0 spiro atoms. The normalized spacial score (nSPS) is 12.1. The Morgan fingerprint density at radius 3 is 2.00 bits per heavy atom. The lowest BCUT2D eigenvalue weighted by Gasteiger charge is -2.21. The molecule has 0 aliphatic heterocycles. The van der Waals surface area contributed by atoms with Gasteiger partial charge in [0.25, 0.3) is 0 Å². The fourth-order valence-electron chi connectivity index (χ4n) is 3.34. The summed E-state index contributed by atoms with van der Waals surface area (Å²) in [5.74, 6) is -0.932. The molecule has 0 aromatic heterocycles. The van der Waals surface area contributed by atoms with Crippen molar-refractivity contribution < 1.29 is 29.0 Å². The number of amides is 3. The first kappa shape index (κ1) is 26.2. The highest BCUT2D eigenvalue weighted by atomic mass is 16.5. The quantitative estimate of drug-likeness (QED) is 0.306. The third kappa shape index (κ3) is 8.44. The van der Waals surface area contributed by atoms with Crippen LogP contribution in [0.15, 0.2) is 84.9 Å². The average Bonchev–Trinajstić information content (AvgIpc) is 2.90. The van der Waals surface area contributed by atoms with Gasteiger partial charge in [0.1, 0.15) is 31.0 Å². The second kappa shape index (κ2) is 13.5. The monoisotopic (exact) mass is 491 g/mol. The lowest BCUT2D eigenvalue weighted by atomic mass is 10.0. The van der Waals surface area contributed by atoms with Gasteiger partial charge in [0.05, 0.1) is 6.61 Å². The Bertz CT molecular complexity index is 1140. The van der Waals surface area contributed by atoms with Crippen LogP contribution in [-0.2, 0) is 34.0 Å². The molecule has 0 aliphatic carbocycles. The van der Waals surface area contributed by atoms with E-state index in [9.17, 15) is 19.5 Å². The van der Waals surface area contributed by atoms with Crippen LogP contribution in [0.1, 0.15) is 16.7 Å². The zero-order valence-electron chi connectivity index (χ0n) is 19.6. The molecule has 0 unspecified atom stereocenters. The zero-order chi connectivity index (χ0) is 25.8. The van der Waals surface area contributed by atoms with Gasteiger partial charge in [-0.05, 0) is 28.8 Å². The SMILES string of the molecule is NC(=O)[C@@H](Cc1cccc(OCc2ccccc2)c1)NC(=O)[C@H](CO)NC(=O)OCc1ccccc1. The lowest BCUT2D eigenvalue weighted by Crippen LogP contribution is -2.54. The molecule has 3 rings (SSSR count). The van der Waals surface area contributed by atoms with E-state index in [0.29, 0.717) is 17.9 Å². The van der Waals surface area contributed by atoms with Gasteiger partial charge in [-0.2, -0.15) is 0 Å². The van der Waals surface area contributed by atoms with Crippen LogP contribution >= 0.6 is 0 Å². The lowest BCUT2D eigenvalue weighted by molar-refractivity contribution is -0.129. The highest BCUT2D eigenvalue weighted by molar-refractivity contribution is 5.91. The fraction of sp³-hybridized carbons (Fsp3) is 0.222. The molecular formula is C27H29N3O6. The number of alkyl carbamates (subject to hydrolysis) is 1. The number of benzene rings is 3. The predicted octanol–water partition coefficient (Wildman–Crippen LogP) is 2.07. The Balaban J connectivity index is 1.54. The minimum Gasteiger partial charge on any atom is -0.489 e. The molecule has 3 aromatic rings. The molecule has 188 valence electrons. The number of primary amides is 1. The van der Waals surface area contributed by atoms with Gasteiger partial charge in [0.2, 0.25) is 11.8 Å². The van der Waals surface area contributed by atoms with Gasteiger partial charge < -0.3 is 30.9 Å². The van der Waals surface area contributed by atoms with Gasteiger partial charge in [0, 0.05) is 6.42 Å². The van der Waals surface area contributed by atoms with E-state index in [1.807, 2.05) is 36.4 Å². The van der Waals surface area contributed by atoms with E-state index in [2.05, 4.69) is 10.6 Å². The molecular weight excluding hydrogens is 462 g/mol. The second-order valence-electron chi connectivity index (χ2n) is 8.03. The van der Waals surface area contributed by atoms with Crippen LogP contribution in [0.3, 0.4) is 0 Å². The van der Waals surface area contributed by atoms with Crippen molar-refractivity contribution in [1.82, 2.24) is 10.6 Å². The molecule has 3 amide bonds. The molecule has 0 saturated heterocycles. The van der Waals surface area contributed by atoms with Crippen molar-refractivity contribution in [2.75, 3.05) is 6.61 Å². The summed E-state index contributed by atoms with van der Waals surface area (Å²) in [7, 11) is 0. The van der Waals surface area contributed by atoms with Crippen molar-refractivity contribution in [3.05, 3.63) is 102 Å². The van der Waals surface area contributed by atoms with Crippen molar-refractivity contribution in [3.63, 3.8) is 0 Å². The minimum atomic E-state index is -1.32. The van der Waals surface area contributed by atoms with Crippen molar-refractivity contribution in [2.45, 2.75) is 31.7 Å². The summed E-state index contributed by atoms with van der Waals surface area (Å²) >= 11 is 0. The molecule has 9 heteroatoms. The number of ether oxygens (including phenoxy) is 2. The van der Waals surface area contributed by atoms with Gasteiger partial charge >= 0.3 is 6.09 Å². The van der Waals surface area contributed by atoms with Crippen LogP contribution in [0.2, 0.25) is 0 Å². The maximum Gasteiger partial charge on any atom is 0.408 e. The zero-order valence-corrected chi connectivity index (χ0v) is 19.6. The Labute approximate surface area is 209 Å². The molecule has 0 saturated carbocycles. The van der Waals surface area contributed by atoms with Crippen LogP contribution < -0.4 is 21.1 Å². The van der Waals surface area contributed by atoms with Crippen molar-refractivity contribution in [1.29, 1.82) is 0 Å². The van der Waals surface area contributed by atoms with E-state index >= 15 is 0 Å². The second-order valence-corrected chi connectivity index (χ2v) is 8.03. The summed E-state index contributed by atoms with van der Waals surface area (Å²) in [5.41, 5.74) is 7.98. The summed E-state index contributed by atoms with van der Waals surface area (Å²) in [6.07, 6.45) is -0.785. The highest BCUT2D eigenvalue weighted by Crippen LogP contribution is 2.16. The molecule has 0 bridgehead atoms. The van der Waals surface area contributed by atoms with E-state index < -0.39 is 36.6 Å².